The molecule has 0 radical (unpaired) electrons. The van der Waals surface area contributed by atoms with E-state index in [9.17, 15) is 49.5 Å². The van der Waals surface area contributed by atoms with Crippen molar-refractivity contribution in [3.63, 3.8) is 0 Å². The molecule has 2 aromatic rings. The van der Waals surface area contributed by atoms with Crippen molar-refractivity contribution in [2.45, 2.75) is 64.8 Å². The van der Waals surface area contributed by atoms with E-state index in [1.807, 2.05) is 0 Å². The van der Waals surface area contributed by atoms with Crippen LogP contribution in [0.3, 0.4) is 0 Å². The number of nitro groups is 3. The summed E-state index contributed by atoms with van der Waals surface area (Å²) in [5.41, 5.74) is 6.50. The van der Waals surface area contributed by atoms with Gasteiger partial charge in [0.2, 0.25) is 17.7 Å². The van der Waals surface area contributed by atoms with Crippen LogP contribution in [0.25, 0.3) is 0 Å². The van der Waals surface area contributed by atoms with E-state index in [0.717, 1.165) is 18.2 Å². The molecule has 0 fully saturated rings. The highest BCUT2D eigenvalue weighted by molar-refractivity contribution is 5.93. The van der Waals surface area contributed by atoms with Crippen molar-refractivity contribution in [3.8, 4) is 0 Å². The molecule has 0 bridgehead atoms. The molecular formula is C30H40N10O11. The zero-order valence-electron chi connectivity index (χ0n) is 28.0. The largest absolute Gasteiger partial charge is 0.459 e. The van der Waals surface area contributed by atoms with E-state index in [2.05, 4.69) is 26.3 Å². The standard InChI is InChI=1S/C30H40N10O11/c1-4-18(2)26(36-22-13-12-21(38(45)46)15-24(22)39(47)48)28(43)34-19(3)27(42)33-16-25(41)35-23(11-8-14-32-30(31)37-40(49)50)29(44)51-17-20-9-6-5-7-10-20/h5-7,9-10,12-13,15,18-19,23,26,36H,4,8,11,14,16-17H2,1-3H3,(H,33,42)(H,34,43)(H,35,41)(H3,31,32,37)/t18-,19-,23+,26-/m0/s1. The molecule has 4 atom stereocenters. The predicted octanol–water partition coefficient (Wildman–Crippen LogP) is 1.05. The maximum Gasteiger partial charge on any atom is 0.328 e. The minimum atomic E-state index is -1.19. The molecule has 0 heterocycles. The number of amides is 3. The number of carbonyl (C=O) groups is 4. The number of aliphatic imine (C=N–C) groups is 1. The second-order valence-corrected chi connectivity index (χ2v) is 11.2. The van der Waals surface area contributed by atoms with Crippen LogP contribution in [0.4, 0.5) is 17.1 Å². The van der Waals surface area contributed by atoms with Gasteiger partial charge >= 0.3 is 5.97 Å². The molecule has 0 spiro atoms. The van der Waals surface area contributed by atoms with Gasteiger partial charge < -0.3 is 31.7 Å². The van der Waals surface area contributed by atoms with E-state index in [0.29, 0.717) is 12.0 Å². The van der Waals surface area contributed by atoms with Gasteiger partial charge in [-0.25, -0.2) is 19.9 Å². The van der Waals surface area contributed by atoms with Crippen LogP contribution in [0.1, 0.15) is 45.6 Å². The van der Waals surface area contributed by atoms with Gasteiger partial charge in [0, 0.05) is 12.6 Å². The van der Waals surface area contributed by atoms with Gasteiger partial charge in [-0.15, -0.1) is 0 Å². The highest BCUT2D eigenvalue weighted by atomic mass is 16.7. The number of nitrogens with zero attached hydrogens (tertiary/aromatic N) is 4. The van der Waals surface area contributed by atoms with Crippen LogP contribution in [0.15, 0.2) is 53.5 Å². The van der Waals surface area contributed by atoms with Crippen LogP contribution < -0.4 is 32.4 Å². The van der Waals surface area contributed by atoms with Gasteiger partial charge in [-0.2, -0.15) is 0 Å². The summed E-state index contributed by atoms with van der Waals surface area (Å²) in [6.07, 6.45) is 0.609. The third-order valence-electron chi connectivity index (χ3n) is 7.35. The summed E-state index contributed by atoms with van der Waals surface area (Å²) in [6, 6.07) is 8.23. The molecule has 2 aromatic carbocycles. The summed E-state index contributed by atoms with van der Waals surface area (Å²) in [6.45, 7) is 4.10. The van der Waals surface area contributed by atoms with Gasteiger partial charge in [-0.1, -0.05) is 56.0 Å². The number of non-ortho nitro benzene ring substituents is 1. The summed E-state index contributed by atoms with van der Waals surface area (Å²) >= 11 is 0. The number of nitrogens with two attached hydrogens (primary N) is 1. The minimum Gasteiger partial charge on any atom is -0.459 e. The Balaban J connectivity index is 2.03. The number of benzene rings is 2. The number of hydrogen-bond donors (Lipinski definition) is 6. The number of rotatable bonds is 20. The molecule has 7 N–H and O–H groups in total. The molecule has 2 rings (SSSR count). The number of esters is 1. The Morgan fingerprint density at radius 3 is 2.24 bits per heavy atom. The lowest BCUT2D eigenvalue weighted by Gasteiger charge is -2.26. The van der Waals surface area contributed by atoms with Crippen molar-refractivity contribution in [2.75, 3.05) is 18.4 Å². The second-order valence-electron chi connectivity index (χ2n) is 11.2. The second kappa shape index (κ2) is 20.2. The number of guanidine groups is 1. The van der Waals surface area contributed by atoms with Crippen LogP contribution in [-0.2, 0) is 30.5 Å². The first-order valence-corrected chi connectivity index (χ1v) is 15.6. The maximum atomic E-state index is 13.2. The van der Waals surface area contributed by atoms with Crippen LogP contribution in [0, 0.1) is 36.3 Å². The number of hydrogen-bond acceptors (Lipinski definition) is 13. The number of anilines is 1. The van der Waals surface area contributed by atoms with Crippen molar-refractivity contribution in [3.05, 3.63) is 84.4 Å². The SMILES string of the molecule is CC[C@H](C)[C@H](Nc1ccc([N+](=O)[O-])cc1[N+](=O)[O-])C(=O)N[C@@H](C)C(=O)NCC(=O)N[C@H](CCCN=C(N)N[N+](=O)[O-])C(=O)OCc1ccccc1. The van der Waals surface area contributed by atoms with E-state index in [4.69, 9.17) is 10.5 Å². The molecule has 0 saturated carbocycles. The molecular weight excluding hydrogens is 676 g/mol. The molecule has 3 amide bonds. The molecule has 0 aromatic heterocycles. The minimum absolute atomic E-state index is 0.00589. The third kappa shape index (κ3) is 13.9. The number of carbonyl (C=O) groups excluding carboxylic acids is 4. The lowest BCUT2D eigenvalue weighted by molar-refractivity contribution is -0.525. The molecule has 0 aliphatic heterocycles. The Hall–Kier alpha value is -6.41. The molecule has 0 unspecified atom stereocenters. The monoisotopic (exact) mass is 716 g/mol. The third-order valence-corrected chi connectivity index (χ3v) is 7.35. The molecule has 21 nitrogen and oxygen atoms in total. The highest BCUT2D eigenvalue weighted by Crippen LogP contribution is 2.30. The van der Waals surface area contributed by atoms with Crippen molar-refractivity contribution >= 4 is 46.7 Å². The van der Waals surface area contributed by atoms with Crippen LogP contribution >= 0.6 is 0 Å². The van der Waals surface area contributed by atoms with E-state index in [1.165, 1.54) is 6.92 Å². The number of ether oxygens (including phenoxy) is 1. The van der Waals surface area contributed by atoms with Gasteiger partial charge in [0.05, 0.1) is 22.5 Å². The fourth-order valence-electron chi connectivity index (χ4n) is 4.41. The van der Waals surface area contributed by atoms with Crippen LogP contribution in [-0.4, -0.2) is 75.7 Å². The lowest BCUT2D eigenvalue weighted by Crippen LogP contribution is -2.53. The number of nitrogens with one attached hydrogen (secondary N) is 5. The van der Waals surface area contributed by atoms with Crippen molar-refractivity contribution in [1.29, 1.82) is 0 Å². The molecule has 0 saturated heterocycles. The average molecular weight is 717 g/mol. The van der Waals surface area contributed by atoms with Gasteiger partial charge in [0.15, 0.2) is 5.03 Å². The fraction of sp³-hybridized carbons (Fsp3) is 0.433. The normalized spacial score (nSPS) is 13.4. The van der Waals surface area contributed by atoms with E-state index in [1.54, 1.807) is 49.6 Å². The van der Waals surface area contributed by atoms with Gasteiger partial charge in [0.25, 0.3) is 17.3 Å². The topological polar surface area (TPSA) is 305 Å². The lowest BCUT2D eigenvalue weighted by atomic mass is 9.97. The zero-order chi connectivity index (χ0) is 38.1. The number of hydrazine groups is 1. The molecule has 0 aliphatic rings. The summed E-state index contributed by atoms with van der Waals surface area (Å²) < 4.78 is 5.34. The Morgan fingerprint density at radius 1 is 0.941 bits per heavy atom. The molecule has 51 heavy (non-hydrogen) atoms. The summed E-state index contributed by atoms with van der Waals surface area (Å²) in [5.74, 6) is -3.89. The van der Waals surface area contributed by atoms with Crippen molar-refractivity contribution < 1.29 is 38.8 Å². The Kier molecular flexibility index (Phi) is 16.1. The molecule has 0 aliphatic carbocycles. The van der Waals surface area contributed by atoms with E-state index >= 15 is 0 Å². The first kappa shape index (κ1) is 40.8. The highest BCUT2D eigenvalue weighted by Gasteiger charge is 2.30. The van der Waals surface area contributed by atoms with Gasteiger partial charge in [-0.3, -0.25) is 34.6 Å². The van der Waals surface area contributed by atoms with E-state index < -0.39 is 86.5 Å². The van der Waals surface area contributed by atoms with Crippen LogP contribution in [0.2, 0.25) is 0 Å². The van der Waals surface area contributed by atoms with Crippen LogP contribution in [0.5, 0.6) is 0 Å². The first-order chi connectivity index (χ1) is 24.1. The Morgan fingerprint density at radius 2 is 1.63 bits per heavy atom. The van der Waals surface area contributed by atoms with Gasteiger partial charge in [-0.05, 0) is 37.3 Å². The Labute approximate surface area is 291 Å². The summed E-state index contributed by atoms with van der Waals surface area (Å²) in [4.78, 5) is 87.1. The fourth-order valence-corrected chi connectivity index (χ4v) is 4.41. The summed E-state index contributed by atoms with van der Waals surface area (Å²) in [5, 5.41) is 42.4. The quantitative estimate of drug-likeness (QED) is 0.0279. The van der Waals surface area contributed by atoms with Gasteiger partial charge in [0.1, 0.15) is 30.4 Å². The predicted molar refractivity (Wildman–Crippen MR) is 181 cm³/mol. The molecule has 276 valence electrons. The average Bonchev–Trinajstić information content (AvgIpc) is 3.09. The van der Waals surface area contributed by atoms with E-state index in [-0.39, 0.29) is 31.7 Å². The summed E-state index contributed by atoms with van der Waals surface area (Å²) in [7, 11) is 0. The molecule has 21 heteroatoms. The van der Waals surface area contributed by atoms with Crippen molar-refractivity contribution in [2.24, 2.45) is 16.6 Å². The zero-order valence-corrected chi connectivity index (χ0v) is 28.0. The smallest absolute Gasteiger partial charge is 0.328 e. The Bertz CT molecular complexity index is 1610. The maximum absolute atomic E-state index is 13.2. The first-order valence-electron chi connectivity index (χ1n) is 15.6. The van der Waals surface area contributed by atoms with Crippen molar-refractivity contribution in [1.82, 2.24) is 21.4 Å². The number of nitro benzene ring substituents is 2.